The van der Waals surface area contributed by atoms with Crippen LogP contribution in [0, 0.1) is 0 Å². The zero-order chi connectivity index (χ0) is 45.5. The van der Waals surface area contributed by atoms with Gasteiger partial charge in [-0.1, -0.05) is 243 Å². The van der Waals surface area contributed by atoms with Crippen LogP contribution < -0.4 is 4.90 Å². The second kappa shape index (κ2) is 15.4. The van der Waals surface area contributed by atoms with E-state index in [1.54, 1.807) is 0 Å². The fourth-order valence-corrected chi connectivity index (χ4v) is 12.7. The van der Waals surface area contributed by atoms with E-state index in [1.165, 1.54) is 89.0 Å². The molecule has 0 saturated heterocycles. The molecule has 0 aliphatic heterocycles. The highest BCUT2D eigenvalue weighted by molar-refractivity contribution is 5.99. The van der Waals surface area contributed by atoms with Crippen LogP contribution in [-0.2, 0) is 10.8 Å². The van der Waals surface area contributed by atoms with Crippen molar-refractivity contribution >= 4 is 17.1 Å². The van der Waals surface area contributed by atoms with Crippen LogP contribution in [0.15, 0.2) is 273 Å². The fraction of sp³-hybridized carbons (Fsp3) is 0.0294. The van der Waals surface area contributed by atoms with Crippen LogP contribution in [0.4, 0.5) is 17.1 Å². The maximum Gasteiger partial charge on any atom is 0.0740 e. The van der Waals surface area contributed by atoms with Gasteiger partial charge < -0.3 is 4.90 Å². The SMILES string of the molecule is c1ccc(-c2ccc(N(c3ccc(-c4ccccc4)cc3-c3ccccc3)c3cccc4c3C3(c5ccccc5-c5ccccc53)c3ccccc3C43c4ccccc4-c4ccccc43)cc2)cc1. The molecule has 0 unspecified atom stereocenters. The number of fused-ring (bicyclic) bond motifs is 16. The molecule has 69 heavy (non-hydrogen) atoms. The Morgan fingerprint density at radius 2 is 0.594 bits per heavy atom. The molecule has 0 saturated carbocycles. The Labute approximate surface area is 403 Å². The molecule has 0 heterocycles. The lowest BCUT2D eigenvalue weighted by atomic mass is 9.52. The van der Waals surface area contributed by atoms with Crippen molar-refractivity contribution in [2.24, 2.45) is 0 Å². The molecule has 0 radical (unpaired) electrons. The normalized spacial score (nSPS) is 13.7. The van der Waals surface area contributed by atoms with E-state index in [2.05, 4.69) is 278 Å². The molecule has 1 heteroatoms. The zero-order valence-electron chi connectivity index (χ0n) is 37.9. The predicted molar refractivity (Wildman–Crippen MR) is 286 cm³/mol. The summed E-state index contributed by atoms with van der Waals surface area (Å²) < 4.78 is 0. The molecule has 322 valence electrons. The van der Waals surface area contributed by atoms with E-state index in [9.17, 15) is 0 Å². The van der Waals surface area contributed by atoms with Crippen LogP contribution in [0.5, 0.6) is 0 Å². The molecular formula is C68H45N. The molecule has 11 aromatic carbocycles. The molecule has 0 amide bonds. The lowest BCUT2D eigenvalue weighted by molar-refractivity contribution is 0.633. The van der Waals surface area contributed by atoms with Gasteiger partial charge in [-0.25, -0.2) is 0 Å². The van der Waals surface area contributed by atoms with Crippen LogP contribution in [0.3, 0.4) is 0 Å². The fourth-order valence-electron chi connectivity index (χ4n) is 12.7. The third-order valence-corrected chi connectivity index (χ3v) is 15.4. The summed E-state index contributed by atoms with van der Waals surface area (Å²) in [5, 5.41) is 0. The molecule has 0 aromatic heterocycles. The molecule has 0 fully saturated rings. The van der Waals surface area contributed by atoms with E-state index in [0.29, 0.717) is 0 Å². The van der Waals surface area contributed by atoms with Crippen molar-refractivity contribution in [1.82, 2.24) is 0 Å². The van der Waals surface area contributed by atoms with Gasteiger partial charge in [0.25, 0.3) is 0 Å². The lowest BCUT2D eigenvalue weighted by Crippen LogP contribution is -2.44. The predicted octanol–water partition coefficient (Wildman–Crippen LogP) is 17.2. The summed E-state index contributed by atoms with van der Waals surface area (Å²) in [5.74, 6) is 0. The van der Waals surface area contributed by atoms with E-state index >= 15 is 0 Å². The molecule has 1 nitrogen and oxygen atoms in total. The van der Waals surface area contributed by atoms with Gasteiger partial charge in [0, 0.05) is 16.8 Å². The Morgan fingerprint density at radius 1 is 0.217 bits per heavy atom. The van der Waals surface area contributed by atoms with Gasteiger partial charge in [-0.15, -0.1) is 0 Å². The van der Waals surface area contributed by atoms with Gasteiger partial charge in [-0.05, 0) is 119 Å². The second-order valence-electron chi connectivity index (χ2n) is 18.6. The summed E-state index contributed by atoms with van der Waals surface area (Å²) in [6.45, 7) is 0. The summed E-state index contributed by atoms with van der Waals surface area (Å²) in [6, 6.07) is 102. The van der Waals surface area contributed by atoms with Crippen molar-refractivity contribution in [1.29, 1.82) is 0 Å². The average molecular weight is 876 g/mol. The quantitative estimate of drug-likeness (QED) is 0.161. The van der Waals surface area contributed by atoms with Gasteiger partial charge in [0.1, 0.15) is 0 Å². The zero-order valence-corrected chi connectivity index (χ0v) is 37.9. The van der Waals surface area contributed by atoms with Crippen molar-refractivity contribution in [3.05, 3.63) is 317 Å². The van der Waals surface area contributed by atoms with E-state index < -0.39 is 10.8 Å². The topological polar surface area (TPSA) is 3.24 Å². The van der Waals surface area contributed by atoms with Gasteiger partial charge in [0.2, 0.25) is 0 Å². The highest BCUT2D eigenvalue weighted by atomic mass is 15.1. The molecular weight excluding hydrogens is 831 g/mol. The molecule has 0 N–H and O–H groups in total. The first-order valence-corrected chi connectivity index (χ1v) is 24.1. The first-order chi connectivity index (χ1) is 34.3. The number of benzene rings is 11. The van der Waals surface area contributed by atoms with Crippen LogP contribution in [0.1, 0.15) is 44.5 Å². The maximum atomic E-state index is 2.59. The first-order valence-electron chi connectivity index (χ1n) is 24.1. The summed E-state index contributed by atoms with van der Waals surface area (Å²) in [4.78, 5) is 2.59. The highest BCUT2D eigenvalue weighted by Gasteiger charge is 2.60. The Kier molecular flexibility index (Phi) is 8.78. The molecule has 3 aliphatic rings. The standard InChI is InChI=1S/C68H45N/c1-4-21-46(22-5-1)48-39-42-51(43-40-48)69(64-44-41-50(47-23-6-2-7-24-47)45-56(64)49-25-8-3-9-26-49)65-38-20-37-63-66(65)68(59-33-16-12-29-54(59)55-30-13-17-34-60(55)68)62-36-19-18-35-61(62)67(63)57-31-14-10-27-52(57)53-28-11-15-32-58(53)67/h1-45H. The van der Waals surface area contributed by atoms with Crippen molar-refractivity contribution in [3.63, 3.8) is 0 Å². The van der Waals surface area contributed by atoms with Gasteiger partial charge in [-0.3, -0.25) is 0 Å². The Morgan fingerprint density at radius 3 is 1.12 bits per heavy atom. The van der Waals surface area contributed by atoms with Gasteiger partial charge in [0.05, 0.1) is 22.2 Å². The highest BCUT2D eigenvalue weighted by Crippen LogP contribution is 2.69. The van der Waals surface area contributed by atoms with E-state index in [-0.39, 0.29) is 0 Å². The third kappa shape index (κ3) is 5.53. The van der Waals surface area contributed by atoms with Crippen LogP contribution in [-0.4, -0.2) is 0 Å². The van der Waals surface area contributed by atoms with Crippen molar-refractivity contribution < 1.29 is 0 Å². The van der Waals surface area contributed by atoms with E-state index in [0.717, 1.165) is 28.2 Å². The van der Waals surface area contributed by atoms with Crippen molar-refractivity contribution in [3.8, 4) is 55.6 Å². The number of hydrogen-bond donors (Lipinski definition) is 0. The Balaban J connectivity index is 1.16. The second-order valence-corrected chi connectivity index (χ2v) is 18.6. The summed E-state index contributed by atoms with van der Waals surface area (Å²) in [6.07, 6.45) is 0. The minimum atomic E-state index is -0.688. The summed E-state index contributed by atoms with van der Waals surface area (Å²) in [5.41, 5.74) is 24.7. The van der Waals surface area contributed by atoms with Crippen LogP contribution in [0.25, 0.3) is 55.6 Å². The van der Waals surface area contributed by atoms with Crippen LogP contribution in [0.2, 0.25) is 0 Å². The van der Waals surface area contributed by atoms with Crippen LogP contribution >= 0.6 is 0 Å². The van der Waals surface area contributed by atoms with E-state index in [1.807, 2.05) is 0 Å². The Bertz CT molecular complexity index is 3680. The van der Waals surface area contributed by atoms with Crippen molar-refractivity contribution in [2.75, 3.05) is 4.90 Å². The molecule has 11 aromatic rings. The van der Waals surface area contributed by atoms with Crippen molar-refractivity contribution in [2.45, 2.75) is 10.8 Å². The van der Waals surface area contributed by atoms with Gasteiger partial charge in [-0.2, -0.15) is 0 Å². The number of rotatable bonds is 6. The monoisotopic (exact) mass is 875 g/mol. The molecule has 3 aliphatic carbocycles. The summed E-state index contributed by atoms with van der Waals surface area (Å²) in [7, 11) is 0. The first kappa shape index (κ1) is 39.4. The largest absolute Gasteiger partial charge is 0.310 e. The molecule has 0 bridgehead atoms. The number of nitrogens with zero attached hydrogens (tertiary/aromatic N) is 1. The van der Waals surface area contributed by atoms with Gasteiger partial charge >= 0.3 is 0 Å². The van der Waals surface area contributed by atoms with E-state index in [4.69, 9.17) is 0 Å². The lowest BCUT2D eigenvalue weighted by Gasteiger charge is -2.50. The molecule has 2 spiro atoms. The summed E-state index contributed by atoms with van der Waals surface area (Å²) >= 11 is 0. The molecule has 0 atom stereocenters. The minimum absolute atomic E-state index is 0.616. The minimum Gasteiger partial charge on any atom is -0.310 e. The average Bonchev–Trinajstić information content (AvgIpc) is 3.89. The van der Waals surface area contributed by atoms with Gasteiger partial charge in [0.15, 0.2) is 0 Å². The maximum absolute atomic E-state index is 2.59. The Hall–Kier alpha value is -8.78. The number of hydrogen-bond acceptors (Lipinski definition) is 1. The third-order valence-electron chi connectivity index (χ3n) is 15.4. The smallest absolute Gasteiger partial charge is 0.0740 e. The number of anilines is 3. The molecule has 14 rings (SSSR count).